The lowest BCUT2D eigenvalue weighted by Gasteiger charge is -2.19. The van der Waals surface area contributed by atoms with Gasteiger partial charge in [-0.1, -0.05) is 6.92 Å². The molecule has 182 valence electrons. The van der Waals surface area contributed by atoms with E-state index in [1.807, 2.05) is 0 Å². The van der Waals surface area contributed by atoms with Gasteiger partial charge in [0, 0.05) is 25.7 Å². The Bertz CT molecular complexity index is 1190. The molecule has 0 saturated heterocycles. The number of benzene rings is 1. The van der Waals surface area contributed by atoms with Crippen LogP contribution in [0.25, 0.3) is 11.3 Å². The number of alkyl halides is 2. The fourth-order valence-corrected chi connectivity index (χ4v) is 3.68. The number of aromatic nitrogens is 3. The van der Waals surface area contributed by atoms with Crippen LogP contribution in [0.1, 0.15) is 13.3 Å². The first-order chi connectivity index (χ1) is 16.0. The van der Waals surface area contributed by atoms with Gasteiger partial charge >= 0.3 is 0 Å². The van der Waals surface area contributed by atoms with Crippen LogP contribution in [0.4, 0.5) is 38.0 Å². The van der Waals surface area contributed by atoms with E-state index in [-0.39, 0.29) is 17.2 Å². The van der Waals surface area contributed by atoms with Crippen LogP contribution >= 0.6 is 0 Å². The molecule has 0 spiro atoms. The first-order valence-electron chi connectivity index (χ1n) is 9.59. The topological polar surface area (TPSA) is 95.0 Å². The Labute approximate surface area is 192 Å². The SMILES string of the molecule is CCC(F)(F)C[S+]([O-])Nc1c(F)cc(Oc2ncc(F)cc2-c2ccnc(NC)n2)c(F)c1F. The zero-order valence-electron chi connectivity index (χ0n) is 17.6. The zero-order chi connectivity index (χ0) is 25.0. The predicted molar refractivity (Wildman–Crippen MR) is 113 cm³/mol. The van der Waals surface area contributed by atoms with Crippen molar-refractivity contribution in [2.75, 3.05) is 22.8 Å². The van der Waals surface area contributed by atoms with E-state index in [4.69, 9.17) is 4.74 Å². The molecule has 14 heteroatoms. The van der Waals surface area contributed by atoms with Gasteiger partial charge < -0.3 is 14.6 Å². The van der Waals surface area contributed by atoms with Crippen molar-refractivity contribution >= 4 is 23.0 Å². The Morgan fingerprint density at radius 1 is 1.12 bits per heavy atom. The first-order valence-corrected chi connectivity index (χ1v) is 10.9. The van der Waals surface area contributed by atoms with Gasteiger partial charge in [-0.05, 0) is 12.1 Å². The average molecular weight is 505 g/mol. The number of nitrogens with zero attached hydrogens (tertiary/aromatic N) is 3. The van der Waals surface area contributed by atoms with Crippen molar-refractivity contribution in [3.63, 3.8) is 0 Å². The second-order valence-corrected chi connectivity index (χ2v) is 7.97. The number of ether oxygens (including phenoxy) is 1. The Kier molecular flexibility index (Phi) is 7.71. The largest absolute Gasteiger partial charge is 0.593 e. The van der Waals surface area contributed by atoms with Crippen LogP contribution in [-0.2, 0) is 11.4 Å². The van der Waals surface area contributed by atoms with E-state index in [9.17, 15) is 30.9 Å². The van der Waals surface area contributed by atoms with E-state index in [1.165, 1.54) is 19.3 Å². The molecule has 0 aliphatic rings. The van der Waals surface area contributed by atoms with E-state index in [2.05, 4.69) is 20.3 Å². The van der Waals surface area contributed by atoms with Crippen LogP contribution in [0.2, 0.25) is 0 Å². The standard InChI is InChI=1S/C20H17F6N5O2S/c1-3-20(25,26)9-34(32)31-17-12(22)7-14(15(23)16(17)24)33-18-11(6-10(21)8-29-18)13-4-5-28-19(27-2)30-13/h4-8,31H,3,9H2,1-2H3,(H,27,28,30). The summed E-state index contributed by atoms with van der Waals surface area (Å²) < 4.78 is 103. The molecule has 7 nitrogen and oxygen atoms in total. The van der Waals surface area contributed by atoms with E-state index in [1.54, 1.807) is 4.72 Å². The number of nitrogens with one attached hydrogen (secondary N) is 2. The maximum atomic E-state index is 14.6. The summed E-state index contributed by atoms with van der Waals surface area (Å²) in [6, 6.07) is 2.74. The highest BCUT2D eigenvalue weighted by molar-refractivity contribution is 7.92. The molecular weight excluding hydrogens is 488 g/mol. The van der Waals surface area contributed by atoms with Gasteiger partial charge in [0.2, 0.25) is 17.6 Å². The maximum absolute atomic E-state index is 14.6. The van der Waals surface area contributed by atoms with Crippen molar-refractivity contribution in [2.24, 2.45) is 0 Å². The van der Waals surface area contributed by atoms with Gasteiger partial charge in [-0.15, -0.1) is 0 Å². The fraction of sp³-hybridized carbons (Fsp3) is 0.250. The summed E-state index contributed by atoms with van der Waals surface area (Å²) >= 11 is -2.61. The number of anilines is 2. The van der Waals surface area contributed by atoms with E-state index >= 15 is 0 Å². The Morgan fingerprint density at radius 3 is 2.53 bits per heavy atom. The molecule has 0 amide bonds. The molecule has 1 atom stereocenters. The molecule has 3 aromatic rings. The Balaban J connectivity index is 1.94. The van der Waals surface area contributed by atoms with Crippen molar-refractivity contribution in [1.82, 2.24) is 15.0 Å². The van der Waals surface area contributed by atoms with Gasteiger partial charge in [-0.25, -0.2) is 41.6 Å². The summed E-state index contributed by atoms with van der Waals surface area (Å²) in [6.45, 7) is 1.14. The lowest BCUT2D eigenvalue weighted by atomic mass is 10.2. The van der Waals surface area contributed by atoms with Crippen molar-refractivity contribution in [1.29, 1.82) is 0 Å². The molecule has 3 rings (SSSR count). The molecule has 1 aromatic carbocycles. The average Bonchev–Trinajstić information content (AvgIpc) is 2.81. The number of hydrogen-bond donors (Lipinski definition) is 2. The molecule has 2 N–H and O–H groups in total. The second-order valence-electron chi connectivity index (χ2n) is 6.78. The van der Waals surface area contributed by atoms with Gasteiger partial charge in [0.05, 0.1) is 28.8 Å². The van der Waals surface area contributed by atoms with Gasteiger partial charge in [0.1, 0.15) is 5.82 Å². The summed E-state index contributed by atoms with van der Waals surface area (Å²) in [5.74, 6) is -11.7. The first kappa shape index (κ1) is 25.4. The van der Waals surface area contributed by atoms with E-state index in [0.717, 1.165) is 19.2 Å². The smallest absolute Gasteiger partial charge is 0.293 e. The van der Waals surface area contributed by atoms with Crippen LogP contribution in [0, 0.1) is 23.3 Å². The molecule has 2 heterocycles. The minimum absolute atomic E-state index is 0.0794. The molecule has 34 heavy (non-hydrogen) atoms. The molecule has 0 aliphatic heterocycles. The fourth-order valence-electron chi connectivity index (χ4n) is 2.61. The normalized spacial score (nSPS) is 12.4. The summed E-state index contributed by atoms with van der Waals surface area (Å²) in [4.78, 5) is 11.7. The molecule has 0 bridgehead atoms. The summed E-state index contributed by atoms with van der Waals surface area (Å²) in [7, 11) is 1.54. The van der Waals surface area contributed by atoms with Crippen molar-refractivity contribution in [3.8, 4) is 22.9 Å². The Hall–Kier alpha value is -3.26. The lowest BCUT2D eigenvalue weighted by molar-refractivity contribution is 0.0218. The monoisotopic (exact) mass is 505 g/mol. The van der Waals surface area contributed by atoms with Crippen molar-refractivity contribution in [3.05, 3.63) is 53.9 Å². The Morgan fingerprint density at radius 2 is 1.85 bits per heavy atom. The van der Waals surface area contributed by atoms with Gasteiger partial charge in [0.15, 0.2) is 28.8 Å². The second kappa shape index (κ2) is 10.3. The van der Waals surface area contributed by atoms with Crippen LogP contribution < -0.4 is 14.8 Å². The number of rotatable bonds is 9. The molecule has 0 fully saturated rings. The third-order valence-corrected chi connectivity index (χ3v) is 5.50. The van der Waals surface area contributed by atoms with Gasteiger partial charge in [-0.2, -0.15) is 4.39 Å². The molecular formula is C20H17F6N5O2S. The number of pyridine rings is 1. The van der Waals surface area contributed by atoms with Crippen molar-refractivity contribution in [2.45, 2.75) is 19.3 Å². The van der Waals surface area contributed by atoms with Crippen LogP contribution in [0.3, 0.4) is 0 Å². The number of halogens is 6. The molecule has 1 unspecified atom stereocenters. The van der Waals surface area contributed by atoms with Crippen LogP contribution in [0.15, 0.2) is 30.6 Å². The predicted octanol–water partition coefficient (Wildman–Crippen LogP) is 5.05. The van der Waals surface area contributed by atoms with E-state index in [0.29, 0.717) is 6.07 Å². The maximum Gasteiger partial charge on any atom is 0.293 e. The zero-order valence-corrected chi connectivity index (χ0v) is 18.5. The minimum Gasteiger partial charge on any atom is -0.593 e. The molecule has 0 radical (unpaired) electrons. The summed E-state index contributed by atoms with van der Waals surface area (Å²) in [5.41, 5.74) is -1.19. The lowest BCUT2D eigenvalue weighted by Crippen LogP contribution is -2.31. The highest BCUT2D eigenvalue weighted by Crippen LogP contribution is 2.36. The van der Waals surface area contributed by atoms with Crippen LogP contribution in [0.5, 0.6) is 11.6 Å². The van der Waals surface area contributed by atoms with Crippen LogP contribution in [-0.4, -0.2) is 38.2 Å². The quantitative estimate of drug-likeness (QED) is 0.239. The van der Waals surface area contributed by atoms with Gasteiger partial charge in [0.25, 0.3) is 5.92 Å². The van der Waals surface area contributed by atoms with Gasteiger partial charge in [-0.3, -0.25) is 0 Å². The summed E-state index contributed by atoms with van der Waals surface area (Å²) in [6.07, 6.45) is 1.42. The summed E-state index contributed by atoms with van der Waals surface area (Å²) in [5, 5.41) is 2.67. The van der Waals surface area contributed by atoms with E-state index < -0.39 is 70.0 Å². The minimum atomic E-state index is -3.36. The highest BCUT2D eigenvalue weighted by atomic mass is 32.2. The molecule has 2 aromatic heterocycles. The third kappa shape index (κ3) is 5.80. The van der Waals surface area contributed by atoms with Crippen molar-refractivity contribution < 1.29 is 35.6 Å². The molecule has 0 aliphatic carbocycles. The highest BCUT2D eigenvalue weighted by Gasteiger charge is 2.35. The molecule has 0 saturated carbocycles. The third-order valence-electron chi connectivity index (χ3n) is 4.38. The number of hydrogen-bond acceptors (Lipinski definition) is 7.